The molecule has 0 bridgehead atoms. The summed E-state index contributed by atoms with van der Waals surface area (Å²) >= 11 is 1.48. The zero-order valence-electron chi connectivity index (χ0n) is 15.0. The van der Waals surface area contributed by atoms with Gasteiger partial charge >= 0.3 is 0 Å². The number of aromatic nitrogens is 3. The first kappa shape index (κ1) is 18.8. The highest BCUT2D eigenvalue weighted by Crippen LogP contribution is 2.23. The Morgan fingerprint density at radius 3 is 2.54 bits per heavy atom. The highest BCUT2D eigenvalue weighted by atomic mass is 32.2. The third kappa shape index (κ3) is 4.38. The lowest BCUT2D eigenvalue weighted by Gasteiger charge is -2.19. The van der Waals surface area contributed by atoms with Gasteiger partial charge < -0.3 is 0 Å². The molecule has 2 aromatic heterocycles. The van der Waals surface area contributed by atoms with Crippen LogP contribution in [0.25, 0.3) is 5.13 Å². The van der Waals surface area contributed by atoms with Crippen LogP contribution in [0.2, 0.25) is 0 Å². The molecule has 0 saturated heterocycles. The van der Waals surface area contributed by atoms with Crippen molar-refractivity contribution in [2.24, 2.45) is 0 Å². The maximum atomic E-state index is 12.4. The average molecular weight is 391 g/mol. The van der Waals surface area contributed by atoms with Crippen LogP contribution in [0.1, 0.15) is 32.0 Å². The number of benzene rings is 1. The van der Waals surface area contributed by atoms with Crippen LogP contribution >= 0.6 is 11.3 Å². The predicted molar refractivity (Wildman–Crippen MR) is 103 cm³/mol. The molecule has 0 saturated carbocycles. The van der Waals surface area contributed by atoms with Crippen LogP contribution in [-0.2, 0) is 21.9 Å². The van der Waals surface area contributed by atoms with Gasteiger partial charge in [-0.3, -0.25) is 0 Å². The number of sulfonamides is 1. The molecule has 1 N–H and O–H groups in total. The molecule has 0 fully saturated rings. The van der Waals surface area contributed by atoms with Crippen LogP contribution in [0, 0.1) is 0 Å². The van der Waals surface area contributed by atoms with E-state index in [1.807, 2.05) is 29.8 Å². The van der Waals surface area contributed by atoms with Crippen molar-refractivity contribution in [1.29, 1.82) is 0 Å². The smallest absolute Gasteiger partial charge is 0.223 e. The molecule has 26 heavy (non-hydrogen) atoms. The van der Waals surface area contributed by atoms with E-state index in [2.05, 4.69) is 35.6 Å². The number of hydrogen-bond acceptors (Lipinski definition) is 5. The largest absolute Gasteiger partial charge is 0.240 e. The molecule has 1 aromatic carbocycles. The van der Waals surface area contributed by atoms with Crippen molar-refractivity contribution in [2.75, 3.05) is 6.54 Å². The van der Waals surface area contributed by atoms with Crippen LogP contribution in [0.5, 0.6) is 0 Å². The van der Waals surface area contributed by atoms with Gasteiger partial charge in [0, 0.05) is 30.7 Å². The Labute approximate surface area is 158 Å². The van der Waals surface area contributed by atoms with Crippen LogP contribution in [-0.4, -0.2) is 29.7 Å². The molecule has 3 aromatic rings. The molecule has 0 aliphatic carbocycles. The Kier molecular flexibility index (Phi) is 5.27. The lowest BCUT2D eigenvalue weighted by atomic mass is 9.87. The van der Waals surface area contributed by atoms with Crippen LogP contribution in [0.3, 0.4) is 0 Å². The van der Waals surface area contributed by atoms with Crippen LogP contribution in [0.4, 0.5) is 0 Å². The number of nitrogens with one attached hydrogen (secondary N) is 1. The lowest BCUT2D eigenvalue weighted by molar-refractivity contribution is 0.578. The fraction of sp³-hybridized carbons (Fsp3) is 0.333. The van der Waals surface area contributed by atoms with Crippen molar-refractivity contribution in [1.82, 2.24) is 19.5 Å². The Morgan fingerprint density at radius 1 is 1.19 bits per heavy atom. The number of rotatable bonds is 6. The predicted octanol–water partition coefficient (Wildman–Crippen LogP) is 3.15. The average Bonchev–Trinajstić information content (AvgIpc) is 3.25. The first-order valence-electron chi connectivity index (χ1n) is 8.30. The van der Waals surface area contributed by atoms with E-state index in [0.717, 1.165) is 16.4 Å². The van der Waals surface area contributed by atoms with Gasteiger partial charge in [-0.05, 0) is 29.2 Å². The molecule has 8 heteroatoms. The molecule has 0 aliphatic heterocycles. The first-order valence-corrected chi connectivity index (χ1v) is 10.7. The van der Waals surface area contributed by atoms with Crippen molar-refractivity contribution in [3.8, 4) is 5.13 Å². The molecule has 3 rings (SSSR count). The van der Waals surface area contributed by atoms with Gasteiger partial charge in [0.15, 0.2) is 0 Å². The van der Waals surface area contributed by atoms with E-state index in [9.17, 15) is 8.42 Å². The normalized spacial score (nSPS) is 12.4. The Hall–Kier alpha value is -2.03. The van der Waals surface area contributed by atoms with Crippen LogP contribution < -0.4 is 4.72 Å². The molecular formula is C18H22N4O2S2. The summed E-state index contributed by atoms with van der Waals surface area (Å²) in [6, 6.07) is 8.87. The summed E-state index contributed by atoms with van der Waals surface area (Å²) in [5.74, 6) is 0. The molecule has 0 atom stereocenters. The first-order chi connectivity index (χ1) is 12.3. The van der Waals surface area contributed by atoms with Crippen molar-refractivity contribution < 1.29 is 8.42 Å². The van der Waals surface area contributed by atoms with Crippen molar-refractivity contribution in [3.63, 3.8) is 0 Å². The molecule has 0 amide bonds. The van der Waals surface area contributed by atoms with E-state index >= 15 is 0 Å². The molecule has 2 heterocycles. The summed E-state index contributed by atoms with van der Waals surface area (Å²) in [6.45, 7) is 6.59. The Morgan fingerprint density at radius 2 is 1.92 bits per heavy atom. The molecule has 0 aliphatic rings. The van der Waals surface area contributed by atoms with Gasteiger partial charge in [-0.25, -0.2) is 22.8 Å². The standard InChI is InChI=1S/C18H22N4O2S2/c1-18(2,3)14-5-7-16(8-6-14)26(23,24)20-11-9-15-13-25-17(21-15)22-12-4-10-19-22/h4-8,10,12-13,20H,9,11H2,1-3H3. The molecule has 0 spiro atoms. The second-order valence-corrected chi connectivity index (χ2v) is 9.60. The quantitative estimate of drug-likeness (QED) is 0.701. The van der Waals surface area contributed by atoms with Gasteiger partial charge in [0.05, 0.1) is 10.6 Å². The fourth-order valence-corrected chi connectivity index (χ4v) is 4.26. The number of thiazole rings is 1. The summed E-state index contributed by atoms with van der Waals surface area (Å²) < 4.78 is 29.2. The van der Waals surface area contributed by atoms with Crippen molar-refractivity contribution in [2.45, 2.75) is 37.5 Å². The maximum Gasteiger partial charge on any atom is 0.240 e. The fourth-order valence-electron chi connectivity index (χ4n) is 2.43. The second kappa shape index (κ2) is 7.30. The molecule has 6 nitrogen and oxygen atoms in total. The minimum absolute atomic E-state index is 0.00732. The summed E-state index contributed by atoms with van der Waals surface area (Å²) in [4.78, 5) is 4.75. The van der Waals surface area contributed by atoms with E-state index < -0.39 is 10.0 Å². The van der Waals surface area contributed by atoms with Gasteiger partial charge in [-0.1, -0.05) is 32.9 Å². The monoisotopic (exact) mass is 390 g/mol. The maximum absolute atomic E-state index is 12.4. The lowest BCUT2D eigenvalue weighted by Crippen LogP contribution is -2.26. The molecule has 0 radical (unpaired) electrons. The zero-order chi connectivity index (χ0) is 18.8. The van der Waals surface area contributed by atoms with Gasteiger partial charge in [0.2, 0.25) is 15.2 Å². The number of hydrogen-bond donors (Lipinski definition) is 1. The highest BCUT2D eigenvalue weighted by molar-refractivity contribution is 7.89. The summed E-state index contributed by atoms with van der Waals surface area (Å²) in [5.41, 5.74) is 1.93. The minimum Gasteiger partial charge on any atom is -0.223 e. The molecule has 0 unspecified atom stereocenters. The van der Waals surface area contributed by atoms with Crippen molar-refractivity contribution >= 4 is 21.4 Å². The van der Waals surface area contributed by atoms with E-state index in [1.54, 1.807) is 23.0 Å². The summed E-state index contributed by atoms with van der Waals surface area (Å²) in [7, 11) is -3.52. The highest BCUT2D eigenvalue weighted by Gasteiger charge is 2.17. The minimum atomic E-state index is -3.52. The van der Waals surface area contributed by atoms with Gasteiger partial charge in [-0.15, -0.1) is 11.3 Å². The van der Waals surface area contributed by atoms with Crippen LogP contribution in [0.15, 0.2) is 53.0 Å². The third-order valence-electron chi connectivity index (χ3n) is 3.94. The molecular weight excluding hydrogens is 368 g/mol. The summed E-state index contributed by atoms with van der Waals surface area (Å²) in [6.07, 6.45) is 4.05. The zero-order valence-corrected chi connectivity index (χ0v) is 16.6. The van der Waals surface area contributed by atoms with Gasteiger partial charge in [0.25, 0.3) is 0 Å². The van der Waals surface area contributed by atoms with E-state index in [4.69, 9.17) is 0 Å². The van der Waals surface area contributed by atoms with Crippen molar-refractivity contribution in [3.05, 3.63) is 59.4 Å². The van der Waals surface area contributed by atoms with E-state index in [1.165, 1.54) is 11.3 Å². The second-order valence-electron chi connectivity index (χ2n) is 6.99. The Bertz CT molecular complexity index is 954. The van der Waals surface area contributed by atoms with Gasteiger partial charge in [-0.2, -0.15) is 5.10 Å². The summed E-state index contributed by atoms with van der Waals surface area (Å²) in [5, 5.41) is 6.83. The topological polar surface area (TPSA) is 76.9 Å². The van der Waals surface area contributed by atoms with E-state index in [-0.39, 0.29) is 10.3 Å². The van der Waals surface area contributed by atoms with E-state index in [0.29, 0.717) is 13.0 Å². The SMILES string of the molecule is CC(C)(C)c1ccc(S(=O)(=O)NCCc2csc(-n3cccn3)n2)cc1. The van der Waals surface area contributed by atoms with Gasteiger partial charge in [0.1, 0.15) is 0 Å². The molecule has 138 valence electrons. The third-order valence-corrected chi connectivity index (χ3v) is 6.30. The number of nitrogens with zero attached hydrogens (tertiary/aromatic N) is 3. The Balaban J connectivity index is 1.60.